The lowest BCUT2D eigenvalue weighted by Crippen LogP contribution is -2.46. The van der Waals surface area contributed by atoms with E-state index in [-0.39, 0.29) is 43.2 Å². The molecule has 0 aliphatic carbocycles. The average Bonchev–Trinajstić information content (AvgIpc) is 3.15. The molecule has 0 radical (unpaired) electrons. The third-order valence-electron chi connectivity index (χ3n) is 6.21. The van der Waals surface area contributed by atoms with E-state index < -0.39 is 5.92 Å². The van der Waals surface area contributed by atoms with Crippen LogP contribution in [0, 0.1) is 25.7 Å². The number of aliphatic hydroxyl groups is 1. The van der Waals surface area contributed by atoms with Crippen LogP contribution in [0.3, 0.4) is 0 Å². The van der Waals surface area contributed by atoms with Crippen molar-refractivity contribution >= 4 is 5.91 Å². The molecule has 0 saturated carbocycles. The third-order valence-corrected chi connectivity index (χ3v) is 6.21. The normalized spacial score (nSPS) is 28.7. The second kappa shape index (κ2) is 7.83. The topological polar surface area (TPSA) is 69.8 Å². The second-order valence-electron chi connectivity index (χ2n) is 7.90. The Morgan fingerprint density at radius 2 is 2.00 bits per heavy atom. The molecule has 1 aromatic rings. The van der Waals surface area contributed by atoms with Gasteiger partial charge in [-0.1, -0.05) is 18.5 Å². The Morgan fingerprint density at radius 1 is 1.33 bits per heavy atom. The van der Waals surface area contributed by atoms with Crippen molar-refractivity contribution in [3.8, 4) is 0 Å². The molecule has 3 heterocycles. The van der Waals surface area contributed by atoms with Crippen LogP contribution in [0.5, 0.6) is 0 Å². The zero-order chi connectivity index (χ0) is 19.8. The number of carbonyl (C=O) groups is 1. The molecule has 2 saturated heterocycles. The van der Waals surface area contributed by atoms with Gasteiger partial charge in [0.15, 0.2) is 0 Å². The zero-order valence-corrected chi connectivity index (χ0v) is 16.3. The first-order valence-electron chi connectivity index (χ1n) is 9.72. The summed E-state index contributed by atoms with van der Waals surface area (Å²) in [7, 11) is 0. The maximum Gasteiger partial charge on any atom is 0.259 e. The molecular formula is C19H29F2N3O3. The number of halogens is 2. The lowest BCUT2D eigenvalue weighted by atomic mass is 9.87. The van der Waals surface area contributed by atoms with Crippen molar-refractivity contribution < 1.29 is 23.2 Å². The maximum absolute atomic E-state index is 13.4. The molecule has 3 atom stereocenters. The Labute approximate surface area is 158 Å². The standard InChI is InChI=1S/C19H29F2N3O3/c1-4-14-9-24(18(26)17-12(2)22-27-13(17)3)16(11-25)15(14)10-23-7-5-19(20,21)6-8-23/h14-16,25H,4-11H2,1-3H3/t14-,15-,16-/m1/s1. The molecule has 2 aliphatic rings. The number of hydrogen-bond acceptors (Lipinski definition) is 5. The molecule has 0 aromatic carbocycles. The zero-order valence-electron chi connectivity index (χ0n) is 16.3. The molecule has 0 bridgehead atoms. The van der Waals surface area contributed by atoms with Crippen molar-refractivity contribution in [2.24, 2.45) is 11.8 Å². The van der Waals surface area contributed by atoms with Crippen LogP contribution in [0.25, 0.3) is 0 Å². The average molecular weight is 385 g/mol. The van der Waals surface area contributed by atoms with Crippen LogP contribution in [-0.4, -0.2) is 70.7 Å². The fourth-order valence-corrected chi connectivity index (χ4v) is 4.53. The van der Waals surface area contributed by atoms with Crippen LogP contribution in [0.1, 0.15) is 48.0 Å². The van der Waals surface area contributed by atoms with Gasteiger partial charge in [-0.15, -0.1) is 0 Å². The van der Waals surface area contributed by atoms with Gasteiger partial charge in [0, 0.05) is 39.0 Å². The van der Waals surface area contributed by atoms with Gasteiger partial charge in [-0.2, -0.15) is 0 Å². The van der Waals surface area contributed by atoms with E-state index in [1.807, 2.05) is 0 Å². The highest BCUT2D eigenvalue weighted by Gasteiger charge is 2.45. The lowest BCUT2D eigenvalue weighted by molar-refractivity contribution is -0.0591. The Hall–Kier alpha value is -1.54. The van der Waals surface area contributed by atoms with Gasteiger partial charge < -0.3 is 19.4 Å². The van der Waals surface area contributed by atoms with Crippen LogP contribution in [-0.2, 0) is 0 Å². The summed E-state index contributed by atoms with van der Waals surface area (Å²) in [5.41, 5.74) is 1.01. The van der Waals surface area contributed by atoms with Gasteiger partial charge in [0.25, 0.3) is 11.8 Å². The van der Waals surface area contributed by atoms with Gasteiger partial charge in [0.1, 0.15) is 11.3 Å². The van der Waals surface area contributed by atoms with Gasteiger partial charge in [-0.3, -0.25) is 4.79 Å². The van der Waals surface area contributed by atoms with Crippen LogP contribution >= 0.6 is 0 Å². The Bertz CT molecular complexity index is 650. The van der Waals surface area contributed by atoms with E-state index in [0.717, 1.165) is 6.42 Å². The molecule has 6 nitrogen and oxygen atoms in total. The summed E-state index contributed by atoms with van der Waals surface area (Å²) >= 11 is 0. The van der Waals surface area contributed by atoms with Crippen LogP contribution in [0.15, 0.2) is 4.52 Å². The van der Waals surface area contributed by atoms with Crippen LogP contribution in [0.2, 0.25) is 0 Å². The quantitative estimate of drug-likeness (QED) is 0.843. The summed E-state index contributed by atoms with van der Waals surface area (Å²) in [6, 6.07) is -0.321. The number of likely N-dealkylation sites (tertiary alicyclic amines) is 2. The molecule has 0 unspecified atom stereocenters. The van der Waals surface area contributed by atoms with Crippen molar-refractivity contribution in [2.45, 2.75) is 52.0 Å². The molecule has 8 heteroatoms. The number of amides is 1. The Kier molecular flexibility index (Phi) is 5.86. The summed E-state index contributed by atoms with van der Waals surface area (Å²) in [5.74, 6) is -1.97. The van der Waals surface area contributed by atoms with Crippen LogP contribution in [0.4, 0.5) is 8.78 Å². The fourth-order valence-electron chi connectivity index (χ4n) is 4.53. The Morgan fingerprint density at radius 3 is 2.52 bits per heavy atom. The molecule has 2 aliphatic heterocycles. The van der Waals surface area contributed by atoms with E-state index in [9.17, 15) is 18.7 Å². The lowest BCUT2D eigenvalue weighted by Gasteiger charge is -2.36. The van der Waals surface area contributed by atoms with E-state index >= 15 is 0 Å². The highest BCUT2D eigenvalue weighted by atomic mass is 19.3. The van der Waals surface area contributed by atoms with Crippen molar-refractivity contribution in [2.75, 3.05) is 32.8 Å². The van der Waals surface area contributed by atoms with Crippen molar-refractivity contribution in [3.63, 3.8) is 0 Å². The number of aliphatic hydroxyl groups excluding tert-OH is 1. The van der Waals surface area contributed by atoms with E-state index in [1.54, 1.807) is 18.7 Å². The molecule has 1 aromatic heterocycles. The molecule has 1 amide bonds. The minimum Gasteiger partial charge on any atom is -0.394 e. The number of piperidine rings is 1. The maximum atomic E-state index is 13.4. The summed E-state index contributed by atoms with van der Waals surface area (Å²) in [5, 5.41) is 13.9. The highest BCUT2D eigenvalue weighted by Crippen LogP contribution is 2.36. The van der Waals surface area contributed by atoms with Crippen molar-refractivity contribution in [3.05, 3.63) is 17.0 Å². The van der Waals surface area contributed by atoms with E-state index in [2.05, 4.69) is 17.0 Å². The number of hydrogen-bond donors (Lipinski definition) is 1. The van der Waals surface area contributed by atoms with Gasteiger partial charge >= 0.3 is 0 Å². The first-order valence-corrected chi connectivity index (χ1v) is 9.72. The molecule has 27 heavy (non-hydrogen) atoms. The third kappa shape index (κ3) is 4.01. The SMILES string of the molecule is CC[C@@H]1CN(C(=O)c2c(C)noc2C)[C@H](CO)[C@@H]1CN1CCC(F)(F)CC1. The molecule has 1 N–H and O–H groups in total. The first kappa shape index (κ1) is 20.2. The van der Waals surface area contributed by atoms with Gasteiger partial charge in [0.05, 0.1) is 18.3 Å². The molecule has 0 spiro atoms. The van der Waals surface area contributed by atoms with Crippen molar-refractivity contribution in [1.29, 1.82) is 0 Å². The summed E-state index contributed by atoms with van der Waals surface area (Å²) in [6.07, 6.45) is 0.626. The fraction of sp³-hybridized carbons (Fsp3) is 0.789. The molecule has 2 fully saturated rings. The van der Waals surface area contributed by atoms with Crippen LogP contribution < -0.4 is 0 Å². The molecule has 152 valence electrons. The predicted octanol–water partition coefficient (Wildman–Crippen LogP) is 2.48. The van der Waals surface area contributed by atoms with Gasteiger partial charge in [-0.25, -0.2) is 8.78 Å². The molecule has 3 rings (SSSR count). The van der Waals surface area contributed by atoms with Gasteiger partial charge in [-0.05, 0) is 25.7 Å². The van der Waals surface area contributed by atoms with Gasteiger partial charge in [0.2, 0.25) is 0 Å². The summed E-state index contributed by atoms with van der Waals surface area (Å²) in [6.45, 7) is 7.27. The highest BCUT2D eigenvalue weighted by molar-refractivity contribution is 5.96. The van der Waals surface area contributed by atoms with E-state index in [4.69, 9.17) is 4.52 Å². The number of aryl methyl sites for hydroxylation is 2. The minimum atomic E-state index is -2.57. The smallest absolute Gasteiger partial charge is 0.259 e. The number of nitrogens with zero attached hydrogens (tertiary/aromatic N) is 3. The summed E-state index contributed by atoms with van der Waals surface area (Å²) < 4.78 is 32.0. The number of rotatable bonds is 5. The molecular weight excluding hydrogens is 356 g/mol. The number of alkyl halides is 2. The minimum absolute atomic E-state index is 0.0659. The summed E-state index contributed by atoms with van der Waals surface area (Å²) in [4.78, 5) is 16.9. The first-order chi connectivity index (χ1) is 12.8. The van der Waals surface area contributed by atoms with E-state index in [0.29, 0.717) is 43.2 Å². The number of carbonyl (C=O) groups excluding carboxylic acids is 1. The largest absolute Gasteiger partial charge is 0.394 e. The second-order valence-corrected chi connectivity index (χ2v) is 7.90. The predicted molar refractivity (Wildman–Crippen MR) is 95.8 cm³/mol. The van der Waals surface area contributed by atoms with E-state index in [1.165, 1.54) is 0 Å². The number of aromatic nitrogens is 1. The monoisotopic (exact) mass is 385 g/mol. The van der Waals surface area contributed by atoms with Crippen molar-refractivity contribution in [1.82, 2.24) is 15.0 Å². The Balaban J connectivity index is 1.76.